The van der Waals surface area contributed by atoms with Gasteiger partial charge in [-0.2, -0.15) is 0 Å². The smallest absolute Gasteiger partial charge is 0.337 e. The van der Waals surface area contributed by atoms with E-state index < -0.39 is 12.0 Å². The highest BCUT2D eigenvalue weighted by atomic mass is 16.5. The molecule has 0 aliphatic rings. The van der Waals surface area contributed by atoms with Crippen LogP contribution >= 0.6 is 0 Å². The van der Waals surface area contributed by atoms with Crippen molar-refractivity contribution >= 4 is 17.7 Å². The molecule has 4 N–H and O–H groups in total. The number of benzene rings is 1. The SMILES string of the molecule is COCC(C)NC(=O)Nc1ccc(O)cc1C(=O)O. The van der Waals surface area contributed by atoms with Gasteiger partial charge < -0.3 is 25.6 Å². The Bertz CT molecular complexity index is 475. The molecule has 0 aliphatic heterocycles. The van der Waals surface area contributed by atoms with Crippen LogP contribution in [0.5, 0.6) is 5.75 Å². The third-order valence-corrected chi connectivity index (χ3v) is 2.28. The number of phenols is 1. The average molecular weight is 268 g/mol. The highest BCUT2D eigenvalue weighted by molar-refractivity contribution is 6.00. The summed E-state index contributed by atoms with van der Waals surface area (Å²) in [6.07, 6.45) is 0. The maximum Gasteiger partial charge on any atom is 0.337 e. The summed E-state index contributed by atoms with van der Waals surface area (Å²) in [5.74, 6) is -1.42. The fraction of sp³-hybridized carbons (Fsp3) is 0.333. The first-order valence-electron chi connectivity index (χ1n) is 5.56. The van der Waals surface area contributed by atoms with Crippen molar-refractivity contribution in [3.8, 4) is 5.75 Å². The Morgan fingerprint density at radius 3 is 2.68 bits per heavy atom. The van der Waals surface area contributed by atoms with Crippen LogP contribution < -0.4 is 10.6 Å². The van der Waals surface area contributed by atoms with Crippen LogP contribution in [0.15, 0.2) is 18.2 Å². The lowest BCUT2D eigenvalue weighted by Crippen LogP contribution is -2.38. The lowest BCUT2D eigenvalue weighted by atomic mass is 10.1. The lowest BCUT2D eigenvalue weighted by Gasteiger charge is -2.14. The first-order chi connectivity index (χ1) is 8.93. The molecule has 19 heavy (non-hydrogen) atoms. The highest BCUT2D eigenvalue weighted by Crippen LogP contribution is 2.21. The Morgan fingerprint density at radius 1 is 1.42 bits per heavy atom. The monoisotopic (exact) mass is 268 g/mol. The van der Waals surface area contributed by atoms with Crippen LogP contribution in [-0.2, 0) is 4.74 Å². The molecule has 0 saturated carbocycles. The molecule has 0 bridgehead atoms. The molecule has 1 atom stereocenters. The maximum atomic E-state index is 11.6. The fourth-order valence-corrected chi connectivity index (χ4v) is 1.49. The van der Waals surface area contributed by atoms with E-state index in [9.17, 15) is 14.7 Å². The van der Waals surface area contributed by atoms with E-state index in [0.29, 0.717) is 6.61 Å². The molecule has 0 radical (unpaired) electrons. The molecule has 1 aromatic rings. The second kappa shape index (κ2) is 6.60. The topological polar surface area (TPSA) is 108 Å². The van der Waals surface area contributed by atoms with E-state index in [2.05, 4.69) is 10.6 Å². The molecule has 0 saturated heterocycles. The summed E-state index contributed by atoms with van der Waals surface area (Å²) in [6, 6.07) is 2.92. The van der Waals surface area contributed by atoms with Gasteiger partial charge in [-0.05, 0) is 25.1 Å². The van der Waals surface area contributed by atoms with E-state index in [4.69, 9.17) is 9.84 Å². The van der Waals surface area contributed by atoms with E-state index in [1.165, 1.54) is 19.2 Å². The molecule has 104 valence electrons. The number of anilines is 1. The van der Waals surface area contributed by atoms with E-state index in [0.717, 1.165) is 6.07 Å². The minimum atomic E-state index is -1.24. The number of amides is 2. The Labute approximate surface area is 110 Å². The van der Waals surface area contributed by atoms with Crippen LogP contribution in [0.3, 0.4) is 0 Å². The summed E-state index contributed by atoms with van der Waals surface area (Å²) in [6.45, 7) is 2.09. The van der Waals surface area contributed by atoms with Crippen molar-refractivity contribution in [1.82, 2.24) is 5.32 Å². The molecule has 0 aromatic heterocycles. The van der Waals surface area contributed by atoms with E-state index in [1.807, 2.05) is 0 Å². The zero-order chi connectivity index (χ0) is 14.4. The number of carboxylic acids is 1. The number of hydrogen-bond donors (Lipinski definition) is 4. The number of methoxy groups -OCH3 is 1. The van der Waals surface area contributed by atoms with Gasteiger partial charge in [0.2, 0.25) is 0 Å². The number of aromatic hydroxyl groups is 1. The molecular weight excluding hydrogens is 252 g/mol. The van der Waals surface area contributed by atoms with Crippen LogP contribution in [0.2, 0.25) is 0 Å². The van der Waals surface area contributed by atoms with Crippen molar-refractivity contribution in [2.24, 2.45) is 0 Å². The van der Waals surface area contributed by atoms with Gasteiger partial charge in [-0.25, -0.2) is 9.59 Å². The number of aromatic carboxylic acids is 1. The molecule has 0 fully saturated rings. The molecule has 0 heterocycles. The summed E-state index contributed by atoms with van der Waals surface area (Å²) in [5, 5.41) is 23.2. The number of carboxylic acid groups (broad SMARTS) is 1. The number of rotatable bonds is 5. The molecule has 1 unspecified atom stereocenters. The van der Waals surface area contributed by atoms with Gasteiger partial charge >= 0.3 is 12.0 Å². The molecule has 0 spiro atoms. The lowest BCUT2D eigenvalue weighted by molar-refractivity contribution is 0.0697. The van der Waals surface area contributed by atoms with Gasteiger partial charge in [-0.1, -0.05) is 0 Å². The van der Waals surface area contributed by atoms with Crippen LogP contribution in [0.4, 0.5) is 10.5 Å². The molecule has 1 aromatic carbocycles. The maximum absolute atomic E-state index is 11.6. The zero-order valence-corrected chi connectivity index (χ0v) is 10.6. The quantitative estimate of drug-likeness (QED) is 0.601. The number of carbonyl (C=O) groups is 2. The number of hydrogen-bond acceptors (Lipinski definition) is 4. The Hall–Kier alpha value is -2.28. The van der Waals surface area contributed by atoms with E-state index in [-0.39, 0.29) is 23.0 Å². The number of ether oxygens (including phenoxy) is 1. The molecular formula is C12H16N2O5. The first-order valence-corrected chi connectivity index (χ1v) is 5.56. The van der Waals surface area contributed by atoms with Crippen molar-refractivity contribution < 1.29 is 24.5 Å². The summed E-state index contributed by atoms with van der Waals surface area (Å²) >= 11 is 0. The van der Waals surface area contributed by atoms with Crippen molar-refractivity contribution in [2.45, 2.75) is 13.0 Å². The van der Waals surface area contributed by atoms with Crippen molar-refractivity contribution in [3.63, 3.8) is 0 Å². The van der Waals surface area contributed by atoms with Crippen molar-refractivity contribution in [2.75, 3.05) is 19.0 Å². The van der Waals surface area contributed by atoms with Gasteiger partial charge in [0.15, 0.2) is 0 Å². The fourth-order valence-electron chi connectivity index (χ4n) is 1.49. The predicted molar refractivity (Wildman–Crippen MR) is 68.6 cm³/mol. The zero-order valence-electron chi connectivity index (χ0n) is 10.6. The third kappa shape index (κ3) is 4.47. The molecule has 7 nitrogen and oxygen atoms in total. The summed E-state index contributed by atoms with van der Waals surface area (Å²) < 4.78 is 4.86. The van der Waals surface area contributed by atoms with E-state index >= 15 is 0 Å². The summed E-state index contributed by atoms with van der Waals surface area (Å²) in [5.41, 5.74) is -0.0815. The minimum Gasteiger partial charge on any atom is -0.508 e. The minimum absolute atomic E-state index is 0.104. The van der Waals surface area contributed by atoms with Gasteiger partial charge in [0.05, 0.1) is 23.9 Å². The molecule has 0 aliphatic carbocycles. The Kier molecular flexibility index (Phi) is 5.13. The number of carbonyl (C=O) groups excluding carboxylic acids is 1. The van der Waals surface area contributed by atoms with Gasteiger partial charge in [0, 0.05) is 7.11 Å². The van der Waals surface area contributed by atoms with Crippen LogP contribution in [0.25, 0.3) is 0 Å². The largest absolute Gasteiger partial charge is 0.508 e. The average Bonchev–Trinajstić information content (AvgIpc) is 2.31. The third-order valence-electron chi connectivity index (χ3n) is 2.28. The first kappa shape index (κ1) is 14.8. The van der Waals surface area contributed by atoms with Gasteiger partial charge in [-0.15, -0.1) is 0 Å². The van der Waals surface area contributed by atoms with Gasteiger partial charge in [0.25, 0.3) is 0 Å². The van der Waals surface area contributed by atoms with Crippen LogP contribution in [0, 0.1) is 0 Å². The van der Waals surface area contributed by atoms with Crippen molar-refractivity contribution in [1.29, 1.82) is 0 Å². The molecule has 7 heteroatoms. The predicted octanol–water partition coefficient (Wildman–Crippen LogP) is 1.25. The van der Waals surface area contributed by atoms with Crippen LogP contribution in [-0.4, -0.2) is 42.0 Å². The normalized spacial score (nSPS) is 11.7. The Morgan fingerprint density at radius 2 is 2.11 bits per heavy atom. The Balaban J connectivity index is 2.76. The highest BCUT2D eigenvalue weighted by Gasteiger charge is 2.14. The van der Waals surface area contributed by atoms with Crippen LogP contribution in [0.1, 0.15) is 17.3 Å². The summed E-state index contributed by atoms with van der Waals surface area (Å²) in [7, 11) is 1.51. The second-order valence-corrected chi connectivity index (χ2v) is 3.99. The molecule has 2 amide bonds. The van der Waals surface area contributed by atoms with E-state index in [1.54, 1.807) is 6.92 Å². The molecule has 1 rings (SSSR count). The second-order valence-electron chi connectivity index (χ2n) is 3.99. The summed E-state index contributed by atoms with van der Waals surface area (Å²) in [4.78, 5) is 22.6. The van der Waals surface area contributed by atoms with Gasteiger partial charge in [-0.3, -0.25) is 0 Å². The number of urea groups is 1. The van der Waals surface area contributed by atoms with Crippen molar-refractivity contribution in [3.05, 3.63) is 23.8 Å². The number of nitrogens with one attached hydrogen (secondary N) is 2. The standard InChI is InChI=1S/C12H16N2O5/c1-7(6-19-2)13-12(18)14-10-4-3-8(15)5-9(10)11(16)17/h3-5,7,15H,6H2,1-2H3,(H,16,17)(H2,13,14,18). The number of phenolic OH excluding ortho intramolecular Hbond substituents is 1. The van der Waals surface area contributed by atoms with Gasteiger partial charge in [0.1, 0.15) is 5.75 Å².